The van der Waals surface area contributed by atoms with Crippen molar-refractivity contribution >= 4 is 31.8 Å². The van der Waals surface area contributed by atoms with E-state index in [0.29, 0.717) is 0 Å². The lowest BCUT2D eigenvalue weighted by atomic mass is 10.7. The summed E-state index contributed by atoms with van der Waals surface area (Å²) in [5, 5.41) is 36.9. The fourth-order valence-corrected chi connectivity index (χ4v) is 0.151. The second-order valence-corrected chi connectivity index (χ2v) is 2.94. The lowest BCUT2D eigenvalue weighted by Gasteiger charge is -1.88. The molecule has 108 valence electrons. The number of hydrogen-bond donors (Lipinski definition) is 5. The molecule has 0 aromatic heterocycles. The molecule has 0 heterocycles. The number of carboxylic acid groups (broad SMARTS) is 4. The van der Waals surface area contributed by atoms with Crippen LogP contribution in [0.15, 0.2) is 0 Å². The van der Waals surface area contributed by atoms with Crippen LogP contribution in [0.2, 0.25) is 0 Å². The minimum absolute atomic E-state index is 0.720. The zero-order chi connectivity index (χ0) is 16.2. The van der Waals surface area contributed by atoms with Crippen molar-refractivity contribution in [2.24, 2.45) is 0 Å². The fourth-order valence-electron chi connectivity index (χ4n) is 0.0504. The van der Waals surface area contributed by atoms with E-state index in [4.69, 9.17) is 49.8 Å². The fraction of sp³-hybridized carbons (Fsp3) is 0. The third-order valence-electron chi connectivity index (χ3n) is 0.519. The summed E-state index contributed by atoms with van der Waals surface area (Å²) in [5.74, 6) is -7.30. The summed E-state index contributed by atoms with van der Waals surface area (Å²) >= 11 is 0. The molecule has 5 N–H and O–H groups in total. The molecule has 0 aromatic carbocycles. The van der Waals surface area contributed by atoms with Gasteiger partial charge in [-0.1, -0.05) is 0 Å². The smallest absolute Gasteiger partial charge is 0.473 e. The minimum Gasteiger partial charge on any atom is -0.473 e. The van der Waals surface area contributed by atoms with Crippen LogP contribution in [0.1, 0.15) is 0 Å². The van der Waals surface area contributed by atoms with Crippen molar-refractivity contribution in [3.63, 3.8) is 0 Å². The number of nitriles is 1. The molecule has 12 nitrogen and oxygen atoms in total. The molecule has 0 spiro atoms. The van der Waals surface area contributed by atoms with E-state index in [1.165, 1.54) is 0 Å². The van der Waals surface area contributed by atoms with Crippen LogP contribution in [0.25, 0.3) is 0 Å². The van der Waals surface area contributed by atoms with Gasteiger partial charge in [-0.3, -0.25) is 4.89 Å². The van der Waals surface area contributed by atoms with Gasteiger partial charge in [0.1, 0.15) is 0 Å². The third kappa shape index (κ3) is 31.3. The average Bonchev–Trinajstić information content (AvgIpc) is 2.16. The Labute approximate surface area is 102 Å². The van der Waals surface area contributed by atoms with Crippen molar-refractivity contribution in [2.75, 3.05) is 0 Å². The molecule has 0 aliphatic rings. The van der Waals surface area contributed by atoms with Crippen molar-refractivity contribution < 1.29 is 57.8 Å². The van der Waals surface area contributed by atoms with Gasteiger partial charge >= 0.3 is 31.8 Å². The summed E-state index contributed by atoms with van der Waals surface area (Å²) < 4.78 is 23.3. The van der Waals surface area contributed by atoms with Gasteiger partial charge in [0.25, 0.3) is 6.26 Å². The van der Waals surface area contributed by atoms with Gasteiger partial charge in [-0.05, 0) is 0 Å². The lowest BCUT2D eigenvalue weighted by Crippen LogP contribution is -2.09. The first kappa shape index (κ1) is 21.6. The Morgan fingerprint density at radius 1 is 0.947 bits per heavy atom. The molecule has 0 saturated heterocycles. The first-order chi connectivity index (χ1) is 8.35. The maximum atomic E-state index is 11.1. The highest BCUT2D eigenvalue weighted by Crippen LogP contribution is 2.42. The van der Waals surface area contributed by atoms with Crippen LogP contribution in [0.3, 0.4) is 0 Å². The molecule has 0 amide bonds. The van der Waals surface area contributed by atoms with Gasteiger partial charge in [-0.15, -0.1) is 9.46 Å². The van der Waals surface area contributed by atoms with Gasteiger partial charge in [-0.25, -0.2) is 23.7 Å². The Morgan fingerprint density at radius 2 is 1.16 bits per heavy atom. The molecule has 1 unspecified atom stereocenters. The van der Waals surface area contributed by atoms with Crippen LogP contribution >= 0.6 is 7.91 Å². The summed E-state index contributed by atoms with van der Waals surface area (Å²) in [4.78, 5) is 43.9. The normalized spacial score (nSPS) is 10.8. The van der Waals surface area contributed by atoms with Crippen LogP contribution in [0, 0.1) is 11.5 Å². The van der Waals surface area contributed by atoms with Crippen LogP contribution < -0.4 is 0 Å². The highest BCUT2D eigenvalue weighted by Gasteiger charge is 2.16. The van der Waals surface area contributed by atoms with Crippen molar-refractivity contribution in [1.29, 1.82) is 5.26 Å². The number of carboxylic acids is 4. The molecular formula is C5H5FNO11P. The Kier molecular flexibility index (Phi) is 11.9. The predicted molar refractivity (Wildman–Crippen MR) is 48.2 cm³/mol. The van der Waals surface area contributed by atoms with Gasteiger partial charge in [0.05, 0.1) is 0 Å². The molecule has 0 aliphatic carbocycles. The van der Waals surface area contributed by atoms with E-state index in [0.717, 1.165) is 6.26 Å². The number of hydrogen-bond acceptors (Lipinski definition) is 7. The Morgan fingerprint density at radius 3 is 1.16 bits per heavy atom. The standard InChI is InChI=1S/2C2H2O4.CHFNO3P/c2*3-1(4)2(5)6;2-7(4,5)6-1-3/h2*(H,3,4)(H,5,6);(H,4,5). The quantitative estimate of drug-likeness (QED) is 0.220. The second kappa shape index (κ2) is 10.4. The summed E-state index contributed by atoms with van der Waals surface area (Å²) in [7, 11) is -5.03. The number of carbonyl (C=O) groups is 4. The SMILES string of the molecule is N#COP(=O)(O)F.O=C(O)C(=O)O.O=C(O)C(=O)O. The number of aliphatic carboxylic acids is 4. The van der Waals surface area contributed by atoms with Crippen LogP contribution in [0.4, 0.5) is 4.20 Å². The molecule has 0 aliphatic heterocycles. The first-order valence-electron chi connectivity index (χ1n) is 3.37. The highest BCUT2D eigenvalue weighted by atomic mass is 31.2. The predicted octanol–water partition coefficient (Wildman–Crippen LogP) is -1.13. The van der Waals surface area contributed by atoms with Crippen molar-refractivity contribution in [3.05, 3.63) is 0 Å². The molecule has 0 saturated carbocycles. The Hall–Kier alpha value is -2.71. The van der Waals surface area contributed by atoms with Crippen LogP contribution in [-0.2, 0) is 28.3 Å². The summed E-state index contributed by atoms with van der Waals surface area (Å²) in [6.45, 7) is 0. The Balaban J connectivity index is -0.000000203. The van der Waals surface area contributed by atoms with Crippen molar-refractivity contribution in [2.45, 2.75) is 0 Å². The van der Waals surface area contributed by atoms with Gasteiger partial charge in [0, 0.05) is 0 Å². The van der Waals surface area contributed by atoms with E-state index in [1.807, 2.05) is 0 Å². The van der Waals surface area contributed by atoms with E-state index in [-0.39, 0.29) is 0 Å². The molecule has 19 heavy (non-hydrogen) atoms. The van der Waals surface area contributed by atoms with Gasteiger partial charge in [-0.2, -0.15) is 0 Å². The second-order valence-electron chi connectivity index (χ2n) is 1.85. The zero-order valence-corrected chi connectivity index (χ0v) is 9.35. The van der Waals surface area contributed by atoms with Crippen molar-refractivity contribution in [3.8, 4) is 6.26 Å². The Bertz CT molecular complexity index is 385. The third-order valence-corrected chi connectivity index (χ3v) is 0.826. The lowest BCUT2D eigenvalue weighted by molar-refractivity contribution is -0.159. The van der Waals surface area contributed by atoms with E-state index in [9.17, 15) is 8.76 Å². The van der Waals surface area contributed by atoms with E-state index >= 15 is 0 Å². The largest absolute Gasteiger partial charge is 0.577 e. The highest BCUT2D eigenvalue weighted by molar-refractivity contribution is 7.47. The van der Waals surface area contributed by atoms with E-state index < -0.39 is 31.8 Å². The molecule has 0 aromatic rings. The molecule has 0 radical (unpaired) electrons. The van der Waals surface area contributed by atoms with Gasteiger partial charge < -0.3 is 24.9 Å². The van der Waals surface area contributed by atoms with Crippen LogP contribution in [-0.4, -0.2) is 49.2 Å². The summed E-state index contributed by atoms with van der Waals surface area (Å²) in [6, 6.07) is 0. The molecule has 0 rings (SSSR count). The number of rotatable bonds is 1. The maximum Gasteiger partial charge on any atom is 0.577 e. The van der Waals surface area contributed by atoms with Gasteiger partial charge in [0.2, 0.25) is 0 Å². The summed E-state index contributed by atoms with van der Waals surface area (Å²) in [5.41, 5.74) is 0. The van der Waals surface area contributed by atoms with Crippen molar-refractivity contribution in [1.82, 2.24) is 0 Å². The average molecular weight is 305 g/mol. The van der Waals surface area contributed by atoms with E-state index in [1.54, 1.807) is 0 Å². The van der Waals surface area contributed by atoms with E-state index in [2.05, 4.69) is 4.52 Å². The number of nitrogens with zero attached hydrogens (tertiary/aromatic N) is 1. The number of halogens is 1. The molecule has 14 heteroatoms. The summed E-state index contributed by atoms with van der Waals surface area (Å²) in [6.07, 6.45) is 0.720. The first-order valence-corrected chi connectivity index (χ1v) is 4.84. The molecule has 0 fully saturated rings. The monoisotopic (exact) mass is 305 g/mol. The van der Waals surface area contributed by atoms with Crippen LogP contribution in [0.5, 0.6) is 0 Å². The molecule has 1 atom stereocenters. The van der Waals surface area contributed by atoms with Gasteiger partial charge in [0.15, 0.2) is 0 Å². The maximum absolute atomic E-state index is 11.1. The minimum atomic E-state index is -5.03. The zero-order valence-electron chi connectivity index (χ0n) is 8.46. The topological polar surface area (TPSA) is 220 Å². The molecule has 0 bridgehead atoms. The molecular weight excluding hydrogens is 300 g/mol.